The maximum absolute atomic E-state index is 11.8. The summed E-state index contributed by atoms with van der Waals surface area (Å²) < 4.78 is 39.5. The van der Waals surface area contributed by atoms with Crippen molar-refractivity contribution in [2.24, 2.45) is 0 Å². The molecule has 1 aromatic carbocycles. The highest BCUT2D eigenvalue weighted by Gasteiger charge is 2.41. The van der Waals surface area contributed by atoms with Gasteiger partial charge in [0.2, 0.25) is 0 Å². The van der Waals surface area contributed by atoms with Crippen molar-refractivity contribution in [3.63, 3.8) is 0 Å². The summed E-state index contributed by atoms with van der Waals surface area (Å²) in [5, 5.41) is -0.235. The second kappa shape index (κ2) is 4.28. The van der Waals surface area contributed by atoms with Gasteiger partial charge in [0.25, 0.3) is 0 Å². The first kappa shape index (κ1) is 12.1. The van der Waals surface area contributed by atoms with Crippen molar-refractivity contribution in [3.8, 4) is 5.75 Å². The van der Waals surface area contributed by atoms with Crippen LogP contribution in [-0.4, -0.2) is 12.1 Å². The minimum Gasteiger partial charge on any atom is -0.418 e. The smallest absolute Gasteiger partial charge is 0.418 e. The number of carbonyl (C=O) groups excluding carboxylic acids is 1. The molecule has 0 amide bonds. The molecule has 15 heavy (non-hydrogen) atoms. The summed E-state index contributed by atoms with van der Waals surface area (Å²) in [4.78, 5) is 10.4. The molecule has 0 fully saturated rings. The SMILES string of the molecule is O=C(Oc1cccc(Cl)c1Cl)C(F)(F)F. The van der Waals surface area contributed by atoms with Gasteiger partial charge < -0.3 is 4.74 Å². The summed E-state index contributed by atoms with van der Waals surface area (Å²) in [6.45, 7) is 0. The normalized spacial score (nSPS) is 11.3. The molecule has 1 aromatic rings. The number of rotatable bonds is 1. The third-order valence-corrected chi connectivity index (χ3v) is 2.15. The molecule has 7 heteroatoms. The summed E-state index contributed by atoms with van der Waals surface area (Å²) in [6.07, 6.45) is -5.06. The van der Waals surface area contributed by atoms with Gasteiger partial charge in [0.15, 0.2) is 5.75 Å². The quantitative estimate of drug-likeness (QED) is 0.570. The van der Waals surface area contributed by atoms with E-state index in [0.717, 1.165) is 6.07 Å². The maximum Gasteiger partial charge on any atom is 0.491 e. The first-order chi connectivity index (χ1) is 6.82. The molecule has 0 aliphatic rings. The lowest BCUT2D eigenvalue weighted by Crippen LogP contribution is -2.28. The highest BCUT2D eigenvalue weighted by molar-refractivity contribution is 6.43. The fourth-order valence-corrected chi connectivity index (χ4v) is 1.05. The Morgan fingerprint density at radius 1 is 1.27 bits per heavy atom. The van der Waals surface area contributed by atoms with Crippen molar-refractivity contribution in [2.75, 3.05) is 0 Å². The van der Waals surface area contributed by atoms with Gasteiger partial charge in [0, 0.05) is 0 Å². The number of alkyl halides is 3. The Hall–Kier alpha value is -0.940. The Morgan fingerprint density at radius 3 is 2.40 bits per heavy atom. The number of hydrogen-bond acceptors (Lipinski definition) is 2. The van der Waals surface area contributed by atoms with Crippen LogP contribution < -0.4 is 4.74 Å². The lowest BCUT2D eigenvalue weighted by molar-refractivity contribution is -0.189. The zero-order chi connectivity index (χ0) is 11.6. The number of ether oxygens (including phenoxy) is 1. The zero-order valence-corrected chi connectivity index (χ0v) is 8.45. The van der Waals surface area contributed by atoms with E-state index in [4.69, 9.17) is 23.2 Å². The second-order valence-electron chi connectivity index (χ2n) is 2.44. The van der Waals surface area contributed by atoms with Crippen LogP contribution in [0, 0.1) is 0 Å². The standard InChI is InChI=1S/C8H3Cl2F3O2/c9-4-2-1-3-5(6(4)10)15-7(14)8(11,12)13/h1-3H. The summed E-state index contributed by atoms with van der Waals surface area (Å²) in [5.41, 5.74) is 0. The molecule has 0 aliphatic heterocycles. The Labute approximate surface area is 92.5 Å². The molecule has 82 valence electrons. The molecule has 0 atom stereocenters. The fourth-order valence-electron chi connectivity index (χ4n) is 0.721. The van der Waals surface area contributed by atoms with Crippen molar-refractivity contribution < 1.29 is 22.7 Å². The summed E-state index contributed by atoms with van der Waals surface area (Å²) in [7, 11) is 0. The second-order valence-corrected chi connectivity index (χ2v) is 3.22. The van der Waals surface area contributed by atoms with E-state index in [1.165, 1.54) is 12.1 Å². The van der Waals surface area contributed by atoms with Crippen LogP contribution >= 0.6 is 23.2 Å². The van der Waals surface area contributed by atoms with E-state index in [2.05, 4.69) is 4.74 Å². The molecule has 0 N–H and O–H groups in total. The number of carbonyl (C=O) groups is 1. The number of halogens is 5. The van der Waals surface area contributed by atoms with Gasteiger partial charge in [-0.1, -0.05) is 29.3 Å². The van der Waals surface area contributed by atoms with E-state index in [9.17, 15) is 18.0 Å². The summed E-state index contributed by atoms with van der Waals surface area (Å²) >= 11 is 11.0. The van der Waals surface area contributed by atoms with Crippen molar-refractivity contribution in [2.45, 2.75) is 6.18 Å². The molecule has 0 aromatic heterocycles. The molecule has 0 spiro atoms. The molecule has 0 saturated heterocycles. The Kier molecular flexibility index (Phi) is 3.46. The lowest BCUT2D eigenvalue weighted by Gasteiger charge is -2.08. The van der Waals surface area contributed by atoms with Crippen LogP contribution in [0.3, 0.4) is 0 Å². The van der Waals surface area contributed by atoms with E-state index in [-0.39, 0.29) is 10.0 Å². The molecule has 0 saturated carbocycles. The Balaban J connectivity index is 2.91. The van der Waals surface area contributed by atoms with Crippen molar-refractivity contribution >= 4 is 29.2 Å². The minimum absolute atomic E-state index is 0.00383. The molecule has 0 unspecified atom stereocenters. The minimum atomic E-state index is -5.06. The van der Waals surface area contributed by atoms with Gasteiger partial charge in [-0.05, 0) is 12.1 Å². The lowest BCUT2D eigenvalue weighted by atomic mass is 10.3. The van der Waals surface area contributed by atoms with Gasteiger partial charge in [-0.2, -0.15) is 13.2 Å². The summed E-state index contributed by atoms with van der Waals surface area (Å²) in [6, 6.07) is 3.78. The number of hydrogen-bond donors (Lipinski definition) is 0. The van der Waals surface area contributed by atoms with Crippen LogP contribution in [0.5, 0.6) is 5.75 Å². The summed E-state index contributed by atoms with van der Waals surface area (Å²) in [5.74, 6) is -2.77. The van der Waals surface area contributed by atoms with Gasteiger partial charge >= 0.3 is 12.1 Å². The molecule has 2 nitrogen and oxygen atoms in total. The van der Waals surface area contributed by atoms with Crippen LogP contribution in [0.25, 0.3) is 0 Å². The molecular weight excluding hydrogens is 256 g/mol. The number of benzene rings is 1. The van der Waals surface area contributed by atoms with E-state index in [0.29, 0.717) is 0 Å². The van der Waals surface area contributed by atoms with Crippen LogP contribution in [0.2, 0.25) is 10.0 Å². The number of esters is 1. The van der Waals surface area contributed by atoms with E-state index >= 15 is 0 Å². The molecule has 0 aliphatic carbocycles. The average Bonchev–Trinajstić information content (AvgIpc) is 2.11. The van der Waals surface area contributed by atoms with Gasteiger partial charge in [-0.3, -0.25) is 0 Å². The first-order valence-electron chi connectivity index (χ1n) is 3.55. The predicted molar refractivity (Wildman–Crippen MR) is 48.2 cm³/mol. The Morgan fingerprint density at radius 2 is 1.87 bits per heavy atom. The van der Waals surface area contributed by atoms with Gasteiger partial charge in [-0.15, -0.1) is 0 Å². The molecular formula is C8H3Cl2F3O2. The van der Waals surface area contributed by atoms with Crippen molar-refractivity contribution in [1.29, 1.82) is 0 Å². The van der Waals surface area contributed by atoms with Crippen molar-refractivity contribution in [3.05, 3.63) is 28.2 Å². The van der Waals surface area contributed by atoms with Crippen LogP contribution in [0.4, 0.5) is 13.2 Å². The monoisotopic (exact) mass is 258 g/mol. The van der Waals surface area contributed by atoms with Crippen molar-refractivity contribution in [1.82, 2.24) is 0 Å². The highest BCUT2D eigenvalue weighted by Crippen LogP contribution is 2.32. The third kappa shape index (κ3) is 3.00. The average molecular weight is 259 g/mol. The van der Waals surface area contributed by atoms with E-state index in [1.807, 2.05) is 0 Å². The van der Waals surface area contributed by atoms with Gasteiger partial charge in [0.1, 0.15) is 5.02 Å². The van der Waals surface area contributed by atoms with Crippen LogP contribution in [0.1, 0.15) is 0 Å². The van der Waals surface area contributed by atoms with Crippen LogP contribution in [-0.2, 0) is 4.79 Å². The Bertz CT molecular complexity index is 390. The first-order valence-corrected chi connectivity index (χ1v) is 4.31. The molecule has 0 heterocycles. The topological polar surface area (TPSA) is 26.3 Å². The van der Waals surface area contributed by atoms with E-state index < -0.39 is 17.9 Å². The predicted octanol–water partition coefficient (Wildman–Crippen LogP) is 3.46. The highest BCUT2D eigenvalue weighted by atomic mass is 35.5. The van der Waals surface area contributed by atoms with Gasteiger partial charge in [0.05, 0.1) is 5.02 Å². The maximum atomic E-state index is 11.8. The zero-order valence-electron chi connectivity index (χ0n) is 6.94. The van der Waals surface area contributed by atoms with Crippen LogP contribution in [0.15, 0.2) is 18.2 Å². The third-order valence-electron chi connectivity index (χ3n) is 1.35. The molecule has 0 radical (unpaired) electrons. The fraction of sp³-hybridized carbons (Fsp3) is 0.125. The molecule has 0 bridgehead atoms. The van der Waals surface area contributed by atoms with E-state index in [1.54, 1.807) is 0 Å². The molecule has 1 rings (SSSR count). The van der Waals surface area contributed by atoms with Gasteiger partial charge in [-0.25, -0.2) is 4.79 Å². The largest absolute Gasteiger partial charge is 0.491 e.